The fourth-order valence-corrected chi connectivity index (χ4v) is 2.74. The Labute approximate surface area is 137 Å². The van der Waals surface area contributed by atoms with Crippen molar-refractivity contribution < 1.29 is 18.2 Å². The van der Waals surface area contributed by atoms with Crippen LogP contribution in [0.15, 0.2) is 28.6 Å². The SMILES string of the molecule is CN/C(=C\[N+](=O)[O-])NCC[S@@](=O)Cc1ccc(C[N+](C)(C)[O-])o1. The zero-order valence-electron chi connectivity index (χ0n) is 13.4. The van der Waals surface area contributed by atoms with E-state index in [4.69, 9.17) is 4.42 Å². The number of nitro groups is 1. The number of nitrogens with zero attached hydrogens (tertiary/aromatic N) is 2. The molecule has 0 spiro atoms. The van der Waals surface area contributed by atoms with Crippen molar-refractivity contribution in [1.29, 1.82) is 0 Å². The van der Waals surface area contributed by atoms with E-state index in [0.29, 0.717) is 23.8 Å². The van der Waals surface area contributed by atoms with Crippen molar-refractivity contribution in [1.82, 2.24) is 10.6 Å². The molecule has 0 aliphatic heterocycles. The van der Waals surface area contributed by atoms with E-state index in [-0.39, 0.29) is 18.1 Å². The van der Waals surface area contributed by atoms with Gasteiger partial charge in [0.15, 0.2) is 11.6 Å². The molecular formula is C13H22N4O5S. The number of rotatable bonds is 10. The smallest absolute Gasteiger partial charge is 0.274 e. The molecule has 0 radical (unpaired) electrons. The van der Waals surface area contributed by atoms with Gasteiger partial charge in [-0.1, -0.05) is 0 Å². The number of hydroxylamine groups is 3. The molecule has 0 amide bonds. The van der Waals surface area contributed by atoms with Crippen LogP contribution in [0.4, 0.5) is 0 Å². The number of hydrogen-bond donors (Lipinski definition) is 2. The topological polar surface area (TPSA) is 120 Å². The Balaban J connectivity index is 2.41. The Hall–Kier alpha value is -1.91. The van der Waals surface area contributed by atoms with Crippen molar-refractivity contribution in [2.24, 2.45) is 0 Å². The zero-order chi connectivity index (χ0) is 17.5. The monoisotopic (exact) mass is 346 g/mol. The fraction of sp³-hybridized carbons (Fsp3) is 0.538. The van der Waals surface area contributed by atoms with Crippen LogP contribution in [0.1, 0.15) is 11.5 Å². The first-order valence-corrected chi connectivity index (χ1v) is 8.42. The highest BCUT2D eigenvalue weighted by atomic mass is 32.2. The summed E-state index contributed by atoms with van der Waals surface area (Å²) in [5, 5.41) is 27.4. The summed E-state index contributed by atoms with van der Waals surface area (Å²) in [6.45, 7) is 0.538. The Kier molecular flexibility index (Phi) is 7.20. The number of hydrogen-bond acceptors (Lipinski definition) is 7. The third-order valence-corrected chi connectivity index (χ3v) is 3.97. The molecule has 0 aromatic carbocycles. The van der Waals surface area contributed by atoms with Gasteiger partial charge in [-0.25, -0.2) is 0 Å². The van der Waals surface area contributed by atoms with Gasteiger partial charge >= 0.3 is 0 Å². The van der Waals surface area contributed by atoms with Crippen LogP contribution < -0.4 is 10.6 Å². The van der Waals surface area contributed by atoms with Gasteiger partial charge in [-0.05, 0) is 12.1 Å². The maximum atomic E-state index is 12.0. The average Bonchev–Trinajstić information content (AvgIpc) is 2.81. The molecule has 0 fully saturated rings. The van der Waals surface area contributed by atoms with Crippen molar-refractivity contribution in [2.45, 2.75) is 12.3 Å². The molecule has 1 aromatic heterocycles. The van der Waals surface area contributed by atoms with Gasteiger partial charge in [0.2, 0.25) is 0 Å². The molecule has 1 atom stereocenters. The minimum absolute atomic E-state index is 0.214. The molecule has 130 valence electrons. The summed E-state index contributed by atoms with van der Waals surface area (Å²) in [5.74, 6) is 1.92. The highest BCUT2D eigenvalue weighted by Gasteiger charge is 2.11. The minimum atomic E-state index is -1.18. The third-order valence-electron chi connectivity index (χ3n) is 2.71. The maximum Gasteiger partial charge on any atom is 0.274 e. The van der Waals surface area contributed by atoms with E-state index in [1.54, 1.807) is 19.2 Å². The molecule has 0 saturated heterocycles. The second kappa shape index (κ2) is 8.65. The Morgan fingerprint density at radius 2 is 2.09 bits per heavy atom. The molecule has 0 unspecified atom stereocenters. The molecule has 1 heterocycles. The molecule has 0 aliphatic rings. The molecular weight excluding hydrogens is 324 g/mol. The summed E-state index contributed by atoms with van der Waals surface area (Å²) >= 11 is 0. The van der Waals surface area contributed by atoms with E-state index in [9.17, 15) is 19.5 Å². The standard InChI is InChI=1S/C13H22N4O5S/c1-14-13(8-16(18)19)15-6-7-23(21)10-12-5-4-11(22-12)9-17(2,3)20/h4-5,8,14-15H,6-7,9-10H2,1-3H3/b13-8+/t23-/m1/s1. The van der Waals surface area contributed by atoms with Crippen LogP contribution in [0, 0.1) is 15.3 Å². The predicted octanol–water partition coefficient (Wildman–Crippen LogP) is 0.487. The summed E-state index contributed by atoms with van der Waals surface area (Å²) < 4.78 is 17.0. The lowest BCUT2D eigenvalue weighted by Gasteiger charge is -2.32. The van der Waals surface area contributed by atoms with Crippen LogP contribution in [-0.4, -0.2) is 47.2 Å². The minimum Gasteiger partial charge on any atom is -0.633 e. The number of quaternary nitrogens is 1. The van der Waals surface area contributed by atoms with E-state index in [1.807, 2.05) is 0 Å². The van der Waals surface area contributed by atoms with Gasteiger partial charge in [0.1, 0.15) is 12.3 Å². The largest absolute Gasteiger partial charge is 0.633 e. The van der Waals surface area contributed by atoms with Crippen LogP contribution in [-0.2, 0) is 23.1 Å². The van der Waals surface area contributed by atoms with Gasteiger partial charge in [-0.2, -0.15) is 0 Å². The van der Waals surface area contributed by atoms with Crippen LogP contribution in [0.2, 0.25) is 0 Å². The lowest BCUT2D eigenvalue weighted by molar-refractivity contribution is -0.854. The van der Waals surface area contributed by atoms with Gasteiger partial charge in [-0.15, -0.1) is 0 Å². The maximum absolute atomic E-state index is 12.0. The van der Waals surface area contributed by atoms with E-state index in [2.05, 4.69) is 10.6 Å². The van der Waals surface area contributed by atoms with Crippen LogP contribution in [0.3, 0.4) is 0 Å². The fourth-order valence-electron chi connectivity index (χ4n) is 1.79. The number of nitrogens with one attached hydrogen (secondary N) is 2. The molecule has 0 bridgehead atoms. The summed E-state index contributed by atoms with van der Waals surface area (Å²) in [6, 6.07) is 3.42. The predicted molar refractivity (Wildman–Crippen MR) is 86.7 cm³/mol. The molecule has 23 heavy (non-hydrogen) atoms. The van der Waals surface area contributed by atoms with Gasteiger partial charge in [-0.3, -0.25) is 14.3 Å². The third kappa shape index (κ3) is 8.33. The van der Waals surface area contributed by atoms with E-state index >= 15 is 0 Å². The number of furan rings is 1. The molecule has 9 nitrogen and oxygen atoms in total. The van der Waals surface area contributed by atoms with Crippen molar-refractivity contribution in [3.8, 4) is 0 Å². The summed E-state index contributed by atoms with van der Waals surface area (Å²) in [5.41, 5.74) is 0. The van der Waals surface area contributed by atoms with E-state index < -0.39 is 20.4 Å². The summed E-state index contributed by atoms with van der Waals surface area (Å²) in [6.07, 6.45) is 0.810. The second-order valence-electron chi connectivity index (χ2n) is 5.39. The summed E-state index contributed by atoms with van der Waals surface area (Å²) in [7, 11) is 3.41. The van der Waals surface area contributed by atoms with Gasteiger partial charge in [0.05, 0.1) is 24.8 Å². The first-order valence-electron chi connectivity index (χ1n) is 6.93. The van der Waals surface area contributed by atoms with Crippen LogP contribution in [0.25, 0.3) is 0 Å². The van der Waals surface area contributed by atoms with Crippen molar-refractivity contribution in [3.63, 3.8) is 0 Å². The lowest BCUT2D eigenvalue weighted by Crippen LogP contribution is -2.30. The summed E-state index contributed by atoms with van der Waals surface area (Å²) in [4.78, 5) is 9.79. The van der Waals surface area contributed by atoms with Crippen LogP contribution >= 0.6 is 0 Å². The lowest BCUT2D eigenvalue weighted by atomic mass is 10.4. The molecule has 2 N–H and O–H groups in total. The normalized spacial score (nSPS) is 13.7. The average molecular weight is 346 g/mol. The highest BCUT2D eigenvalue weighted by molar-refractivity contribution is 7.84. The first-order chi connectivity index (χ1) is 10.7. The van der Waals surface area contributed by atoms with Crippen molar-refractivity contribution >= 4 is 10.8 Å². The Morgan fingerprint density at radius 3 is 2.65 bits per heavy atom. The van der Waals surface area contributed by atoms with Crippen molar-refractivity contribution in [3.05, 3.63) is 51.0 Å². The quantitative estimate of drug-likeness (QED) is 0.359. The first kappa shape index (κ1) is 19.1. The molecule has 10 heteroatoms. The molecule has 0 aliphatic carbocycles. The van der Waals surface area contributed by atoms with Gasteiger partial charge < -0.3 is 24.9 Å². The van der Waals surface area contributed by atoms with Crippen molar-refractivity contribution in [2.75, 3.05) is 33.4 Å². The second-order valence-corrected chi connectivity index (χ2v) is 6.97. The van der Waals surface area contributed by atoms with E-state index in [1.165, 1.54) is 14.1 Å². The molecule has 1 rings (SSSR count). The molecule has 1 aromatic rings. The zero-order valence-corrected chi connectivity index (χ0v) is 14.2. The van der Waals surface area contributed by atoms with Crippen LogP contribution in [0.5, 0.6) is 0 Å². The van der Waals surface area contributed by atoms with Gasteiger partial charge in [0, 0.05) is 30.1 Å². The Morgan fingerprint density at radius 1 is 1.43 bits per heavy atom. The van der Waals surface area contributed by atoms with Gasteiger partial charge in [0.25, 0.3) is 6.20 Å². The Bertz CT molecular complexity index is 579. The molecule has 0 saturated carbocycles. The highest BCUT2D eigenvalue weighted by Crippen LogP contribution is 2.14. The van der Waals surface area contributed by atoms with E-state index in [0.717, 1.165) is 6.20 Å².